The van der Waals surface area contributed by atoms with Gasteiger partial charge < -0.3 is 4.74 Å². The van der Waals surface area contributed by atoms with Crippen molar-refractivity contribution in [2.45, 2.75) is 39.2 Å². The number of fused-ring (bicyclic) bond motifs is 1. The maximum Gasteiger partial charge on any atom is 0.244 e. The van der Waals surface area contributed by atoms with Crippen LogP contribution in [0.25, 0.3) is 0 Å². The Kier molecular flexibility index (Phi) is 6.70. The molecular weight excluding hydrogens is 576 g/mol. The second-order valence-electron chi connectivity index (χ2n) is 8.30. The molecule has 2 aliphatic rings. The number of halogens is 3. The van der Waals surface area contributed by atoms with Crippen molar-refractivity contribution in [3.8, 4) is 5.75 Å². The minimum absolute atomic E-state index is 0.0493. The zero-order valence-corrected chi connectivity index (χ0v) is 21.4. The first kappa shape index (κ1) is 22.0. The fraction of sp³-hybridized carbons (Fsp3) is 0.391. The predicted octanol–water partition coefficient (Wildman–Crippen LogP) is 6.83. The van der Waals surface area contributed by atoms with Crippen LogP contribution in [0.5, 0.6) is 5.75 Å². The van der Waals surface area contributed by atoms with E-state index in [-0.39, 0.29) is 17.2 Å². The van der Waals surface area contributed by atoms with Gasteiger partial charge in [-0.25, -0.2) is 5.43 Å². The van der Waals surface area contributed by atoms with Gasteiger partial charge >= 0.3 is 0 Å². The zero-order valence-electron chi connectivity index (χ0n) is 16.6. The molecule has 0 spiro atoms. The van der Waals surface area contributed by atoms with Crippen molar-refractivity contribution >= 4 is 59.9 Å². The van der Waals surface area contributed by atoms with Crippen molar-refractivity contribution in [2.24, 2.45) is 22.4 Å². The molecule has 30 heavy (non-hydrogen) atoms. The smallest absolute Gasteiger partial charge is 0.244 e. The summed E-state index contributed by atoms with van der Waals surface area (Å²) in [5.41, 5.74) is 4.88. The van der Waals surface area contributed by atoms with E-state index in [2.05, 4.69) is 65.2 Å². The number of nitrogens with zero attached hydrogens (tertiary/aromatic N) is 1. The number of hydrogen-bond acceptors (Lipinski definition) is 3. The van der Waals surface area contributed by atoms with Gasteiger partial charge in [-0.2, -0.15) is 5.10 Å². The van der Waals surface area contributed by atoms with Gasteiger partial charge in [-0.1, -0.05) is 47.8 Å². The molecule has 1 N–H and O–H groups in total. The third kappa shape index (κ3) is 4.68. The Morgan fingerprint density at radius 3 is 2.53 bits per heavy atom. The van der Waals surface area contributed by atoms with E-state index >= 15 is 0 Å². The van der Waals surface area contributed by atoms with Crippen LogP contribution >= 0.6 is 47.8 Å². The zero-order chi connectivity index (χ0) is 21.3. The fourth-order valence-corrected chi connectivity index (χ4v) is 6.33. The first-order chi connectivity index (χ1) is 14.4. The van der Waals surface area contributed by atoms with Crippen molar-refractivity contribution in [1.82, 2.24) is 5.43 Å². The number of carbonyl (C=O) groups is 1. The third-order valence-electron chi connectivity index (χ3n) is 6.32. The number of benzene rings is 2. The Morgan fingerprint density at radius 2 is 1.90 bits per heavy atom. The standard InChI is InChI=1S/C23H23Br3N2O2/c1-23-9-3-2-4-17(23)20(23)22(29)28-27-12-15-10-18(25)21(19(26)11-15)30-13-14-5-7-16(24)8-6-14/h5-8,10-12,17,20H,2-4,9,13H2,1H3,(H,28,29)/b27-12-/t17-,20+,23-/m0/s1. The predicted molar refractivity (Wildman–Crippen MR) is 130 cm³/mol. The second kappa shape index (κ2) is 9.13. The van der Waals surface area contributed by atoms with Crippen LogP contribution in [0.1, 0.15) is 43.7 Å². The molecule has 0 saturated heterocycles. The number of carbonyl (C=O) groups excluding carboxylic acids is 1. The largest absolute Gasteiger partial charge is 0.487 e. The van der Waals surface area contributed by atoms with Crippen molar-refractivity contribution in [3.63, 3.8) is 0 Å². The molecule has 0 aliphatic heterocycles. The molecule has 4 nitrogen and oxygen atoms in total. The van der Waals surface area contributed by atoms with Gasteiger partial charge in [0.2, 0.25) is 5.91 Å². The quantitative estimate of drug-likeness (QED) is 0.293. The second-order valence-corrected chi connectivity index (χ2v) is 10.9. The minimum atomic E-state index is 0.0493. The first-order valence-electron chi connectivity index (χ1n) is 10.1. The van der Waals surface area contributed by atoms with Crippen LogP contribution in [0.3, 0.4) is 0 Å². The van der Waals surface area contributed by atoms with Gasteiger partial charge in [0.05, 0.1) is 15.2 Å². The molecule has 1 amide bonds. The Morgan fingerprint density at radius 1 is 1.20 bits per heavy atom. The highest BCUT2D eigenvalue weighted by molar-refractivity contribution is 9.11. The van der Waals surface area contributed by atoms with Gasteiger partial charge in [-0.3, -0.25) is 4.79 Å². The topological polar surface area (TPSA) is 50.7 Å². The van der Waals surface area contributed by atoms with Crippen LogP contribution in [0, 0.1) is 17.3 Å². The number of ether oxygens (including phenoxy) is 1. The number of nitrogens with one attached hydrogen (secondary N) is 1. The highest BCUT2D eigenvalue weighted by Gasteiger charge is 2.64. The SMILES string of the molecule is C[C@]12CCCC[C@H]1[C@@H]2C(=O)N/N=C\c1cc(Br)c(OCc2ccc(Br)cc2)c(Br)c1. The number of amides is 1. The van der Waals surface area contributed by atoms with Crippen molar-refractivity contribution in [1.29, 1.82) is 0 Å². The van der Waals surface area contributed by atoms with Crippen molar-refractivity contribution < 1.29 is 9.53 Å². The lowest BCUT2D eigenvalue weighted by molar-refractivity contribution is -0.123. The van der Waals surface area contributed by atoms with E-state index in [0.717, 1.165) is 36.7 Å². The maximum atomic E-state index is 12.5. The molecule has 0 radical (unpaired) electrons. The molecule has 3 atom stereocenters. The fourth-order valence-electron chi connectivity index (χ4n) is 4.62. The molecular formula is C23H23Br3N2O2. The van der Waals surface area contributed by atoms with Crippen LogP contribution in [0.15, 0.2) is 54.9 Å². The summed E-state index contributed by atoms with van der Waals surface area (Å²) in [4.78, 5) is 12.5. The molecule has 0 aromatic heterocycles. The van der Waals surface area contributed by atoms with Crippen molar-refractivity contribution in [2.75, 3.05) is 0 Å². The highest BCUT2D eigenvalue weighted by Crippen LogP contribution is 2.66. The van der Waals surface area contributed by atoms with Crippen LogP contribution in [0.4, 0.5) is 0 Å². The van der Waals surface area contributed by atoms with E-state index in [1.165, 1.54) is 19.3 Å². The van der Waals surface area contributed by atoms with Crippen LogP contribution in [0.2, 0.25) is 0 Å². The molecule has 158 valence electrons. The molecule has 2 aromatic carbocycles. The normalized spacial score (nSPS) is 25.1. The number of rotatable bonds is 6. The average molecular weight is 599 g/mol. The number of hydrogen-bond donors (Lipinski definition) is 1. The molecule has 0 unspecified atom stereocenters. The minimum Gasteiger partial charge on any atom is -0.487 e. The summed E-state index contributed by atoms with van der Waals surface area (Å²) < 4.78 is 8.66. The summed E-state index contributed by atoms with van der Waals surface area (Å²) in [7, 11) is 0. The Hall–Kier alpha value is -1.18. The summed E-state index contributed by atoms with van der Waals surface area (Å²) in [6.07, 6.45) is 6.46. The molecule has 7 heteroatoms. The third-order valence-corrected chi connectivity index (χ3v) is 8.03. The van der Waals surface area contributed by atoms with E-state index in [1.54, 1.807) is 6.21 Å². The molecule has 0 bridgehead atoms. The highest BCUT2D eigenvalue weighted by atomic mass is 79.9. The van der Waals surface area contributed by atoms with E-state index in [9.17, 15) is 4.79 Å². The summed E-state index contributed by atoms with van der Waals surface area (Å²) in [5.74, 6) is 1.43. The average Bonchev–Trinajstić information content (AvgIpc) is 3.34. The lowest BCUT2D eigenvalue weighted by Gasteiger charge is -2.15. The Labute approximate surface area is 202 Å². The van der Waals surface area contributed by atoms with Crippen molar-refractivity contribution in [3.05, 3.63) is 60.9 Å². The monoisotopic (exact) mass is 596 g/mol. The molecule has 2 saturated carbocycles. The Balaban J connectivity index is 1.36. The van der Waals surface area contributed by atoms with Gasteiger partial charge in [0.1, 0.15) is 12.4 Å². The van der Waals surface area contributed by atoms with Crippen LogP contribution in [-0.4, -0.2) is 12.1 Å². The van der Waals surface area contributed by atoms with E-state index in [1.807, 2.05) is 36.4 Å². The molecule has 4 rings (SSSR count). The summed E-state index contributed by atoms with van der Waals surface area (Å²) in [6, 6.07) is 11.9. The van der Waals surface area contributed by atoms with E-state index in [0.29, 0.717) is 12.5 Å². The molecule has 2 aliphatic carbocycles. The van der Waals surface area contributed by atoms with E-state index in [4.69, 9.17) is 4.74 Å². The Bertz CT molecular complexity index is 954. The van der Waals surface area contributed by atoms with E-state index < -0.39 is 0 Å². The van der Waals surface area contributed by atoms with Gasteiger partial charge in [0.25, 0.3) is 0 Å². The first-order valence-corrected chi connectivity index (χ1v) is 12.5. The van der Waals surface area contributed by atoms with Gasteiger partial charge in [-0.15, -0.1) is 0 Å². The molecule has 2 fully saturated rings. The summed E-state index contributed by atoms with van der Waals surface area (Å²) in [6.45, 7) is 2.71. The molecule has 2 aromatic rings. The summed E-state index contributed by atoms with van der Waals surface area (Å²) >= 11 is 10.6. The van der Waals surface area contributed by atoms with Crippen LogP contribution < -0.4 is 10.2 Å². The summed E-state index contributed by atoms with van der Waals surface area (Å²) in [5, 5.41) is 4.19. The van der Waals surface area contributed by atoms with Gasteiger partial charge in [0, 0.05) is 10.4 Å². The molecule has 0 heterocycles. The maximum absolute atomic E-state index is 12.5. The lowest BCUT2D eigenvalue weighted by atomic mass is 9.90. The lowest BCUT2D eigenvalue weighted by Crippen LogP contribution is -2.22. The van der Waals surface area contributed by atoms with Gasteiger partial charge in [-0.05, 0) is 91.4 Å². The number of hydrazone groups is 1. The van der Waals surface area contributed by atoms with Crippen LogP contribution in [-0.2, 0) is 11.4 Å². The van der Waals surface area contributed by atoms with Gasteiger partial charge in [0.15, 0.2) is 0 Å².